The maximum absolute atomic E-state index is 9.96. The molecule has 0 aromatic heterocycles. The van der Waals surface area contributed by atoms with Gasteiger partial charge in [0, 0.05) is 0 Å². The predicted octanol–water partition coefficient (Wildman–Crippen LogP) is -10.5. The number of likely N-dealkylation sites (N-methyl/N-ethyl adjacent to an activating group) is 1. The fourth-order valence-corrected chi connectivity index (χ4v) is 0.732. The second-order valence-electron chi connectivity index (χ2n) is 3.29. The molecule has 0 aromatic carbocycles. The van der Waals surface area contributed by atoms with Crippen molar-refractivity contribution in [3.8, 4) is 0 Å². The minimum Gasteiger partial charge on any atom is -1.00 e. The second-order valence-corrected chi connectivity index (χ2v) is 4.45. The molecule has 0 radical (unpaired) electrons. The van der Waals surface area contributed by atoms with Crippen LogP contribution in [0.25, 0.3) is 0 Å². The first-order chi connectivity index (χ1) is 4.71. The number of nitrogens with zero attached hydrogens (tertiary/aromatic N) is 1. The number of halogens is 1. The summed E-state index contributed by atoms with van der Waals surface area (Å²) in [6.07, 6.45) is 0. The molecular weight excluding hydrogens is 250 g/mol. The zero-order valence-electron chi connectivity index (χ0n) is 9.32. The molecule has 0 aliphatic rings. The van der Waals surface area contributed by atoms with Crippen molar-refractivity contribution in [2.24, 2.45) is 0 Å². The average Bonchev–Trinajstić information content (AvgIpc) is 1.55. The first-order valence-electron chi connectivity index (χ1n) is 3.18. The molecule has 0 fully saturated rings. The Balaban J connectivity index is -0.000000167. The fraction of sp³-hybridized carbons (Fsp3) is 1.00. The predicted molar refractivity (Wildman–Crippen MR) is 36.5 cm³/mol. The van der Waals surface area contributed by atoms with Crippen LogP contribution in [0.3, 0.4) is 0 Å². The number of hydrogen-bond acceptors (Lipinski definition) is 4. The maximum Gasteiger partial charge on any atom is 1.00 e. The Bertz CT molecular complexity index is 172. The van der Waals surface area contributed by atoms with Crippen LogP contribution in [-0.4, -0.2) is 38.8 Å². The molecule has 0 aliphatic carbocycles. The SMILES string of the molecule is C[N+](C)(C)CCOP(=O)([O-])[O-].[Cl-].[Na+].[Na+]. The van der Waals surface area contributed by atoms with E-state index in [4.69, 9.17) is 0 Å². The van der Waals surface area contributed by atoms with Crippen molar-refractivity contribution < 1.29 is 94.9 Å². The van der Waals surface area contributed by atoms with Crippen LogP contribution in [0.4, 0.5) is 0 Å². The summed E-state index contributed by atoms with van der Waals surface area (Å²) >= 11 is 0. The van der Waals surface area contributed by atoms with E-state index < -0.39 is 7.82 Å². The summed E-state index contributed by atoms with van der Waals surface area (Å²) in [7, 11) is 0.875. The van der Waals surface area contributed by atoms with Crippen LogP contribution in [0, 0.1) is 0 Å². The minimum atomic E-state index is -4.76. The Kier molecular flexibility index (Phi) is 19.0. The largest absolute Gasteiger partial charge is 1.00 e. The van der Waals surface area contributed by atoms with Crippen molar-refractivity contribution in [3.05, 3.63) is 0 Å². The summed E-state index contributed by atoms with van der Waals surface area (Å²) in [6, 6.07) is 0. The third kappa shape index (κ3) is 23.9. The van der Waals surface area contributed by atoms with Crippen molar-refractivity contribution in [3.63, 3.8) is 0 Å². The van der Waals surface area contributed by atoms with Crippen molar-refractivity contribution in [1.29, 1.82) is 0 Å². The van der Waals surface area contributed by atoms with E-state index in [1.54, 1.807) is 0 Å². The molecule has 0 atom stereocenters. The zero-order valence-corrected chi connectivity index (χ0v) is 15.0. The third-order valence-corrected chi connectivity index (χ3v) is 1.51. The van der Waals surface area contributed by atoms with Gasteiger partial charge in [-0.15, -0.1) is 0 Å². The summed E-state index contributed by atoms with van der Waals surface area (Å²) in [4.78, 5) is 19.9. The molecule has 0 N–H and O–H groups in total. The summed E-state index contributed by atoms with van der Waals surface area (Å²) in [5.41, 5.74) is 0. The quantitative estimate of drug-likeness (QED) is 0.287. The van der Waals surface area contributed by atoms with Gasteiger partial charge < -0.3 is 35.8 Å². The Labute approximate surface area is 135 Å². The molecule has 0 rings (SSSR count). The molecule has 0 saturated heterocycles. The van der Waals surface area contributed by atoms with Gasteiger partial charge >= 0.3 is 59.1 Å². The molecule has 0 aliphatic heterocycles. The number of phosphoric ester groups is 1. The first kappa shape index (κ1) is 25.3. The van der Waals surface area contributed by atoms with Crippen LogP contribution >= 0.6 is 7.82 Å². The standard InChI is InChI=1S/C5H14NO4P.ClH.2Na/c1-6(2,3)4-5-10-11(7,8)9;;;/h4-5H2,1-3H3,(H-,7,8,9);1H;;/q;;2*+1/p-2. The van der Waals surface area contributed by atoms with Gasteiger partial charge in [-0.3, -0.25) is 0 Å². The van der Waals surface area contributed by atoms with Crippen LogP contribution in [0.2, 0.25) is 0 Å². The van der Waals surface area contributed by atoms with E-state index in [9.17, 15) is 14.4 Å². The molecule has 0 unspecified atom stereocenters. The molecule has 0 aromatic rings. The molecule has 14 heavy (non-hydrogen) atoms. The first-order valence-corrected chi connectivity index (χ1v) is 4.64. The molecule has 76 valence electrons. The smallest absolute Gasteiger partial charge is 1.00 e. The average molecular weight is 264 g/mol. The molecule has 0 spiro atoms. The summed E-state index contributed by atoms with van der Waals surface area (Å²) in [5.74, 6) is 0. The van der Waals surface area contributed by atoms with E-state index in [1.165, 1.54) is 0 Å². The molecule has 0 amide bonds. The van der Waals surface area contributed by atoms with Crippen molar-refractivity contribution in [2.75, 3.05) is 34.3 Å². The number of rotatable bonds is 4. The van der Waals surface area contributed by atoms with Crippen LogP contribution < -0.4 is 81.3 Å². The molecular formula is C5H13ClNNa2O4P. The minimum absolute atomic E-state index is 0. The molecule has 5 nitrogen and oxygen atoms in total. The van der Waals surface area contributed by atoms with Gasteiger partial charge in [0.2, 0.25) is 0 Å². The van der Waals surface area contributed by atoms with Crippen LogP contribution in [0.1, 0.15) is 0 Å². The van der Waals surface area contributed by atoms with E-state index in [2.05, 4.69) is 4.52 Å². The van der Waals surface area contributed by atoms with Gasteiger partial charge in [0.25, 0.3) is 0 Å². The van der Waals surface area contributed by atoms with E-state index in [1.807, 2.05) is 21.1 Å². The van der Waals surface area contributed by atoms with Crippen molar-refractivity contribution in [2.45, 2.75) is 0 Å². The van der Waals surface area contributed by atoms with Gasteiger partial charge in [0.1, 0.15) is 13.2 Å². The Hall–Kier alpha value is 2.36. The van der Waals surface area contributed by atoms with Crippen LogP contribution in [-0.2, 0) is 9.09 Å². The number of quaternary nitrogens is 1. The monoisotopic (exact) mass is 263 g/mol. The van der Waals surface area contributed by atoms with Crippen molar-refractivity contribution in [1.82, 2.24) is 0 Å². The van der Waals surface area contributed by atoms with E-state index in [0.717, 1.165) is 0 Å². The summed E-state index contributed by atoms with van der Waals surface area (Å²) in [6.45, 7) is 0.447. The normalized spacial score (nSPS) is 10.6. The second kappa shape index (κ2) is 10.5. The number of hydrogen-bond donors (Lipinski definition) is 0. The number of phosphoric acid groups is 1. The summed E-state index contributed by atoms with van der Waals surface area (Å²) in [5, 5.41) is 0. The van der Waals surface area contributed by atoms with Crippen LogP contribution in [0.5, 0.6) is 0 Å². The van der Waals surface area contributed by atoms with Gasteiger partial charge in [-0.25, -0.2) is 0 Å². The van der Waals surface area contributed by atoms with Gasteiger partial charge in [-0.05, 0) is 0 Å². The molecule has 9 heteroatoms. The molecule has 0 saturated carbocycles. The molecule has 0 heterocycles. The van der Waals surface area contributed by atoms with Crippen LogP contribution in [0.15, 0.2) is 0 Å². The summed E-state index contributed by atoms with van der Waals surface area (Å²) < 4.78 is 14.6. The van der Waals surface area contributed by atoms with Gasteiger partial charge in [-0.2, -0.15) is 0 Å². The van der Waals surface area contributed by atoms with Gasteiger partial charge in [-0.1, -0.05) is 0 Å². The zero-order chi connectivity index (χ0) is 9.12. The topological polar surface area (TPSA) is 72.4 Å². The Morgan fingerprint density at radius 3 is 1.79 bits per heavy atom. The fourth-order valence-electron chi connectivity index (χ4n) is 0.426. The maximum atomic E-state index is 9.96. The Morgan fingerprint density at radius 1 is 1.21 bits per heavy atom. The van der Waals surface area contributed by atoms with Gasteiger partial charge in [0.05, 0.1) is 29.0 Å². The third-order valence-electron chi connectivity index (χ3n) is 1.01. The van der Waals surface area contributed by atoms with Gasteiger partial charge in [0.15, 0.2) is 0 Å². The van der Waals surface area contributed by atoms with Crippen molar-refractivity contribution >= 4 is 7.82 Å². The molecule has 0 bridgehead atoms. The Morgan fingerprint density at radius 2 is 1.57 bits per heavy atom. The van der Waals surface area contributed by atoms with E-state index >= 15 is 0 Å². The van der Waals surface area contributed by atoms with E-state index in [0.29, 0.717) is 11.0 Å². The van der Waals surface area contributed by atoms with E-state index in [-0.39, 0.29) is 78.1 Å².